The Balaban J connectivity index is 1.58. The minimum Gasteiger partial charge on any atom is -0.314 e. The van der Waals surface area contributed by atoms with Crippen LogP contribution in [0.25, 0.3) is 10.9 Å². The van der Waals surface area contributed by atoms with E-state index in [0.717, 1.165) is 30.3 Å². The quantitative estimate of drug-likeness (QED) is 0.915. The predicted molar refractivity (Wildman–Crippen MR) is 99.0 cm³/mol. The number of aromatic nitrogens is 1. The largest absolute Gasteiger partial charge is 0.314 e. The Hall–Kier alpha value is -1.50. The van der Waals surface area contributed by atoms with Gasteiger partial charge in [0.15, 0.2) is 0 Å². The van der Waals surface area contributed by atoms with Crippen LogP contribution in [0.3, 0.4) is 0 Å². The summed E-state index contributed by atoms with van der Waals surface area (Å²) in [7, 11) is -3.50. The fraction of sp³-hybridized carbons (Fsp3) is 0.526. The normalized spacial score (nSPS) is 23.3. The van der Waals surface area contributed by atoms with Gasteiger partial charge < -0.3 is 5.32 Å². The molecule has 2 fully saturated rings. The van der Waals surface area contributed by atoms with Crippen molar-refractivity contribution >= 4 is 20.9 Å². The highest BCUT2D eigenvalue weighted by molar-refractivity contribution is 7.89. The van der Waals surface area contributed by atoms with Gasteiger partial charge in [-0.2, -0.15) is 4.31 Å². The molecule has 1 aromatic heterocycles. The van der Waals surface area contributed by atoms with E-state index in [1.54, 1.807) is 16.6 Å². The smallest absolute Gasteiger partial charge is 0.245 e. The number of fused-ring (bicyclic) bond motifs is 1. The topological polar surface area (TPSA) is 62.3 Å². The first-order valence-corrected chi connectivity index (χ1v) is 10.6. The van der Waals surface area contributed by atoms with Crippen LogP contribution in [-0.2, 0) is 10.0 Å². The highest BCUT2D eigenvalue weighted by Gasteiger charge is 2.34. The second-order valence-corrected chi connectivity index (χ2v) is 9.19. The third-order valence-electron chi connectivity index (χ3n) is 5.59. The van der Waals surface area contributed by atoms with Gasteiger partial charge in [-0.05, 0) is 62.8 Å². The van der Waals surface area contributed by atoms with E-state index in [2.05, 4.69) is 10.3 Å². The molecule has 0 aliphatic carbocycles. The number of benzene rings is 1. The number of sulfonamides is 1. The maximum atomic E-state index is 13.2. The number of hydrogen-bond acceptors (Lipinski definition) is 4. The summed E-state index contributed by atoms with van der Waals surface area (Å²) >= 11 is 0. The summed E-state index contributed by atoms with van der Waals surface area (Å²) in [5, 5.41) is 4.44. The average Bonchev–Trinajstić information content (AvgIpc) is 3.15. The van der Waals surface area contributed by atoms with Crippen LogP contribution in [0.1, 0.15) is 31.2 Å². The summed E-state index contributed by atoms with van der Waals surface area (Å²) < 4.78 is 28.0. The number of rotatable bonds is 3. The molecule has 2 aliphatic rings. The van der Waals surface area contributed by atoms with Crippen molar-refractivity contribution in [2.24, 2.45) is 5.92 Å². The van der Waals surface area contributed by atoms with Crippen LogP contribution in [0.4, 0.5) is 0 Å². The average molecular weight is 359 g/mol. The maximum Gasteiger partial charge on any atom is 0.245 e. The van der Waals surface area contributed by atoms with Gasteiger partial charge in [0.2, 0.25) is 10.0 Å². The molecule has 25 heavy (non-hydrogen) atoms. The number of hydrogen-bond donors (Lipinski definition) is 1. The number of nitrogens with one attached hydrogen (secondary N) is 1. The summed E-state index contributed by atoms with van der Waals surface area (Å²) in [6.07, 6.45) is 6.08. The molecule has 3 heterocycles. The van der Waals surface area contributed by atoms with E-state index >= 15 is 0 Å². The Morgan fingerprint density at radius 2 is 2.00 bits per heavy atom. The molecule has 1 aromatic carbocycles. The maximum absolute atomic E-state index is 13.2. The van der Waals surface area contributed by atoms with E-state index in [0.29, 0.717) is 35.5 Å². The van der Waals surface area contributed by atoms with Gasteiger partial charge in [0.1, 0.15) is 4.90 Å². The van der Waals surface area contributed by atoms with Crippen LogP contribution in [0, 0.1) is 12.8 Å². The fourth-order valence-electron chi connectivity index (χ4n) is 4.22. The number of aryl methyl sites for hydroxylation is 1. The fourth-order valence-corrected chi connectivity index (χ4v) is 5.86. The van der Waals surface area contributed by atoms with Gasteiger partial charge in [0.05, 0.1) is 5.52 Å². The molecular weight excluding hydrogens is 334 g/mol. The molecule has 1 unspecified atom stereocenters. The zero-order chi connectivity index (χ0) is 17.4. The van der Waals surface area contributed by atoms with Gasteiger partial charge in [-0.15, -0.1) is 0 Å². The molecule has 4 rings (SSSR count). The molecule has 0 radical (unpaired) electrons. The van der Waals surface area contributed by atoms with E-state index in [-0.39, 0.29) is 0 Å². The SMILES string of the molecule is Cc1cnc2c(S(=O)(=O)N3CCC(C4CCCN4)CC3)cccc2c1. The molecule has 6 heteroatoms. The summed E-state index contributed by atoms with van der Waals surface area (Å²) in [4.78, 5) is 4.74. The van der Waals surface area contributed by atoms with Crippen molar-refractivity contribution in [1.29, 1.82) is 0 Å². The molecule has 0 bridgehead atoms. The highest BCUT2D eigenvalue weighted by atomic mass is 32.2. The van der Waals surface area contributed by atoms with Crippen molar-refractivity contribution in [2.45, 2.75) is 43.5 Å². The zero-order valence-electron chi connectivity index (χ0n) is 14.6. The van der Waals surface area contributed by atoms with Crippen molar-refractivity contribution in [2.75, 3.05) is 19.6 Å². The summed E-state index contributed by atoms with van der Waals surface area (Å²) in [6, 6.07) is 7.98. The monoisotopic (exact) mass is 359 g/mol. The minimum atomic E-state index is -3.50. The van der Waals surface area contributed by atoms with Crippen molar-refractivity contribution in [3.05, 3.63) is 36.0 Å². The van der Waals surface area contributed by atoms with Crippen LogP contribution < -0.4 is 5.32 Å². The molecule has 0 saturated carbocycles. The molecule has 5 nitrogen and oxygen atoms in total. The molecule has 134 valence electrons. The van der Waals surface area contributed by atoms with Crippen molar-refractivity contribution in [3.8, 4) is 0 Å². The van der Waals surface area contributed by atoms with Crippen molar-refractivity contribution in [1.82, 2.24) is 14.6 Å². The first kappa shape index (κ1) is 16.9. The molecule has 2 aromatic rings. The van der Waals surface area contributed by atoms with Crippen LogP contribution in [0.15, 0.2) is 35.4 Å². The van der Waals surface area contributed by atoms with Gasteiger partial charge in [-0.25, -0.2) is 8.42 Å². The van der Waals surface area contributed by atoms with Crippen LogP contribution in [0.2, 0.25) is 0 Å². The Labute approximate surface area is 149 Å². The van der Waals surface area contributed by atoms with Gasteiger partial charge >= 0.3 is 0 Å². The Kier molecular flexibility index (Phi) is 4.52. The van der Waals surface area contributed by atoms with E-state index in [9.17, 15) is 8.42 Å². The minimum absolute atomic E-state index is 0.336. The Bertz CT molecular complexity index is 867. The molecular formula is C19H25N3O2S. The molecule has 1 atom stereocenters. The van der Waals surface area contributed by atoms with Crippen LogP contribution in [-0.4, -0.2) is 43.4 Å². The van der Waals surface area contributed by atoms with Crippen LogP contribution in [0.5, 0.6) is 0 Å². The first-order valence-electron chi connectivity index (χ1n) is 9.14. The van der Waals surface area contributed by atoms with Gasteiger partial charge in [0, 0.05) is 30.7 Å². The molecule has 0 amide bonds. The first-order chi connectivity index (χ1) is 12.1. The van der Waals surface area contributed by atoms with E-state index in [1.165, 1.54) is 12.8 Å². The van der Waals surface area contributed by atoms with Crippen LogP contribution >= 0.6 is 0 Å². The molecule has 0 spiro atoms. The zero-order valence-corrected chi connectivity index (χ0v) is 15.4. The lowest BCUT2D eigenvalue weighted by molar-refractivity contribution is 0.234. The summed E-state index contributed by atoms with van der Waals surface area (Å²) in [5.41, 5.74) is 1.61. The van der Waals surface area contributed by atoms with Gasteiger partial charge in [-0.1, -0.05) is 12.1 Å². The van der Waals surface area contributed by atoms with Gasteiger partial charge in [-0.3, -0.25) is 4.98 Å². The second kappa shape index (κ2) is 6.67. The van der Waals surface area contributed by atoms with Crippen molar-refractivity contribution < 1.29 is 8.42 Å². The van der Waals surface area contributed by atoms with E-state index in [4.69, 9.17) is 0 Å². The number of nitrogens with zero attached hydrogens (tertiary/aromatic N) is 2. The number of para-hydroxylation sites is 1. The summed E-state index contributed by atoms with van der Waals surface area (Å²) in [6.45, 7) is 4.28. The Morgan fingerprint density at radius 3 is 2.72 bits per heavy atom. The number of piperidine rings is 1. The number of pyridine rings is 1. The molecule has 2 saturated heterocycles. The van der Waals surface area contributed by atoms with Gasteiger partial charge in [0.25, 0.3) is 0 Å². The summed E-state index contributed by atoms with van der Waals surface area (Å²) in [5.74, 6) is 0.599. The standard InChI is InChI=1S/C19H25N3O2S/c1-14-12-16-4-2-6-18(19(16)21-13-14)25(23,24)22-10-7-15(8-11-22)17-5-3-9-20-17/h2,4,6,12-13,15,17,20H,3,5,7-11H2,1H3. The molecule has 2 aliphatic heterocycles. The van der Waals surface area contributed by atoms with E-state index < -0.39 is 10.0 Å². The lowest BCUT2D eigenvalue weighted by Crippen LogP contribution is -2.43. The lowest BCUT2D eigenvalue weighted by atomic mass is 9.89. The third kappa shape index (κ3) is 3.18. The molecule has 1 N–H and O–H groups in total. The van der Waals surface area contributed by atoms with E-state index in [1.807, 2.05) is 25.1 Å². The third-order valence-corrected chi connectivity index (χ3v) is 7.52. The second-order valence-electron chi connectivity index (χ2n) is 7.28. The predicted octanol–water partition coefficient (Wildman–Crippen LogP) is 2.70. The highest BCUT2D eigenvalue weighted by Crippen LogP contribution is 2.30. The van der Waals surface area contributed by atoms with Crippen molar-refractivity contribution in [3.63, 3.8) is 0 Å². The Morgan fingerprint density at radius 1 is 1.20 bits per heavy atom. The lowest BCUT2D eigenvalue weighted by Gasteiger charge is -2.34.